The Morgan fingerprint density at radius 3 is 2.82 bits per heavy atom. The Morgan fingerprint density at radius 2 is 2.29 bits per heavy atom. The lowest BCUT2D eigenvalue weighted by atomic mass is 10.1. The Balaban J connectivity index is 3.31. The summed E-state index contributed by atoms with van der Waals surface area (Å²) in [7, 11) is 1.21. The maximum absolute atomic E-state index is 11.4. The molecule has 6 heteroatoms. The normalized spacial score (nSPS) is 9.06. The van der Waals surface area contributed by atoms with Crippen LogP contribution in [0.4, 0.5) is 5.69 Å². The largest absolute Gasteiger partial charge is 0.465 e. The first kappa shape index (κ1) is 13.1. The molecule has 0 aromatic heterocycles. The second-order valence-electron chi connectivity index (χ2n) is 2.94. The van der Waals surface area contributed by atoms with Crippen LogP contribution in [0.2, 0.25) is 0 Å². The van der Waals surface area contributed by atoms with E-state index in [4.69, 9.17) is 0 Å². The zero-order valence-corrected chi connectivity index (χ0v) is 9.86. The van der Waals surface area contributed by atoms with E-state index in [0.29, 0.717) is 11.3 Å². The lowest BCUT2D eigenvalue weighted by Gasteiger charge is -2.02. The number of methoxy groups -OCH3 is 1. The molecule has 0 aliphatic rings. The molecular formula is C11H9NO4S. The Morgan fingerprint density at radius 1 is 1.59 bits per heavy atom. The fourth-order valence-electron chi connectivity index (χ4n) is 1.17. The molecule has 0 radical (unpaired) electrons. The molecule has 1 aromatic rings. The van der Waals surface area contributed by atoms with Crippen LogP contribution in [0.3, 0.4) is 0 Å². The van der Waals surface area contributed by atoms with Gasteiger partial charge in [-0.1, -0.05) is 11.8 Å². The molecule has 0 spiro atoms. The van der Waals surface area contributed by atoms with E-state index >= 15 is 0 Å². The molecule has 0 amide bonds. The Labute approximate surface area is 103 Å². The molecule has 88 valence electrons. The van der Waals surface area contributed by atoms with E-state index in [-0.39, 0.29) is 11.3 Å². The van der Waals surface area contributed by atoms with Crippen LogP contribution in [-0.2, 0) is 4.74 Å². The van der Waals surface area contributed by atoms with Gasteiger partial charge >= 0.3 is 5.97 Å². The third-order valence-electron chi connectivity index (χ3n) is 1.92. The van der Waals surface area contributed by atoms with Crippen LogP contribution in [0.25, 0.3) is 0 Å². The number of nitrogens with zero attached hydrogens (tertiary/aromatic N) is 1. The number of esters is 1. The predicted molar refractivity (Wildman–Crippen MR) is 65.2 cm³/mol. The van der Waals surface area contributed by atoms with Crippen molar-refractivity contribution < 1.29 is 14.5 Å². The number of hydrogen-bond acceptors (Lipinski definition) is 5. The van der Waals surface area contributed by atoms with Crippen molar-refractivity contribution in [1.82, 2.24) is 0 Å². The molecule has 0 unspecified atom stereocenters. The summed E-state index contributed by atoms with van der Waals surface area (Å²) < 4.78 is 4.54. The number of hydrogen-bond donors (Lipinski definition) is 1. The first-order valence-electron chi connectivity index (χ1n) is 4.56. The maximum Gasteiger partial charge on any atom is 0.339 e. The number of rotatable bonds is 2. The van der Waals surface area contributed by atoms with E-state index in [2.05, 4.69) is 29.2 Å². The molecule has 0 bridgehead atoms. The third kappa shape index (κ3) is 3.23. The fraction of sp³-hybridized carbons (Fsp3) is 0.182. The van der Waals surface area contributed by atoms with Crippen LogP contribution in [0.1, 0.15) is 15.9 Å². The minimum atomic E-state index is -0.655. The van der Waals surface area contributed by atoms with Gasteiger partial charge in [0.2, 0.25) is 0 Å². The lowest BCUT2D eigenvalue weighted by molar-refractivity contribution is -0.384. The monoisotopic (exact) mass is 251 g/mol. The first-order chi connectivity index (χ1) is 8.10. The summed E-state index contributed by atoms with van der Waals surface area (Å²) in [6.07, 6.45) is 0. The van der Waals surface area contributed by atoms with E-state index in [1.165, 1.54) is 19.2 Å². The number of nitro benzene ring substituents is 1. The number of benzene rings is 1. The summed E-state index contributed by atoms with van der Waals surface area (Å²) in [5.74, 6) is 5.04. The fourth-order valence-corrected chi connectivity index (χ4v) is 1.25. The van der Waals surface area contributed by atoms with Crippen LogP contribution in [0.5, 0.6) is 0 Å². The molecule has 0 atom stereocenters. The van der Waals surface area contributed by atoms with E-state index in [1.54, 1.807) is 0 Å². The van der Waals surface area contributed by atoms with Gasteiger partial charge < -0.3 is 4.74 Å². The van der Waals surface area contributed by atoms with Gasteiger partial charge in [0.1, 0.15) is 0 Å². The SMILES string of the molecule is COC(=O)c1cc([N+](=O)[O-])ccc1C#CCS. The molecule has 0 fully saturated rings. The van der Waals surface area contributed by atoms with Crippen LogP contribution in [0.15, 0.2) is 18.2 Å². The quantitative estimate of drug-likeness (QED) is 0.285. The number of nitro groups is 1. The van der Waals surface area contributed by atoms with Crippen LogP contribution >= 0.6 is 12.6 Å². The summed E-state index contributed by atoms with van der Waals surface area (Å²) in [5.41, 5.74) is 0.286. The van der Waals surface area contributed by atoms with Gasteiger partial charge in [0.25, 0.3) is 5.69 Å². The molecule has 0 aliphatic carbocycles. The number of carbonyl (C=O) groups is 1. The highest BCUT2D eigenvalue weighted by atomic mass is 32.1. The molecule has 0 saturated carbocycles. The minimum Gasteiger partial charge on any atom is -0.465 e. The van der Waals surface area contributed by atoms with Gasteiger partial charge in [0, 0.05) is 17.7 Å². The van der Waals surface area contributed by atoms with Gasteiger partial charge in [-0.3, -0.25) is 10.1 Å². The van der Waals surface area contributed by atoms with Crippen molar-refractivity contribution in [2.75, 3.05) is 12.9 Å². The topological polar surface area (TPSA) is 69.4 Å². The van der Waals surface area contributed by atoms with Crippen LogP contribution < -0.4 is 0 Å². The van der Waals surface area contributed by atoms with E-state index < -0.39 is 10.9 Å². The Hall–Kier alpha value is -2.00. The summed E-state index contributed by atoms with van der Waals surface area (Å²) >= 11 is 3.91. The number of carbonyl (C=O) groups excluding carboxylic acids is 1. The predicted octanol–water partition coefficient (Wildman–Crippen LogP) is 1.66. The first-order valence-corrected chi connectivity index (χ1v) is 5.20. The van der Waals surface area contributed by atoms with E-state index in [0.717, 1.165) is 6.07 Å². The van der Waals surface area contributed by atoms with Crippen LogP contribution in [-0.4, -0.2) is 23.8 Å². The molecule has 0 aliphatic heterocycles. The average Bonchev–Trinajstić information content (AvgIpc) is 2.35. The average molecular weight is 251 g/mol. The van der Waals surface area contributed by atoms with Gasteiger partial charge in [-0.15, -0.1) is 0 Å². The van der Waals surface area contributed by atoms with Crippen molar-refractivity contribution in [3.63, 3.8) is 0 Å². The van der Waals surface area contributed by atoms with Crippen molar-refractivity contribution in [3.8, 4) is 11.8 Å². The van der Waals surface area contributed by atoms with Crippen molar-refractivity contribution in [2.24, 2.45) is 0 Å². The molecule has 17 heavy (non-hydrogen) atoms. The van der Waals surface area contributed by atoms with Gasteiger partial charge in [-0.2, -0.15) is 12.6 Å². The second kappa shape index (κ2) is 5.92. The zero-order chi connectivity index (χ0) is 12.8. The van der Waals surface area contributed by atoms with Crippen molar-refractivity contribution in [3.05, 3.63) is 39.4 Å². The summed E-state index contributed by atoms with van der Waals surface area (Å²) in [5, 5.41) is 10.6. The zero-order valence-electron chi connectivity index (χ0n) is 8.97. The highest BCUT2D eigenvalue weighted by Gasteiger charge is 2.15. The smallest absolute Gasteiger partial charge is 0.339 e. The maximum atomic E-state index is 11.4. The highest BCUT2D eigenvalue weighted by Crippen LogP contribution is 2.18. The van der Waals surface area contributed by atoms with E-state index in [1.807, 2.05) is 0 Å². The molecule has 0 saturated heterocycles. The lowest BCUT2D eigenvalue weighted by Crippen LogP contribution is -2.05. The Kier molecular flexibility index (Phi) is 4.55. The molecule has 0 N–H and O–H groups in total. The highest BCUT2D eigenvalue weighted by molar-refractivity contribution is 7.80. The van der Waals surface area contributed by atoms with Gasteiger partial charge in [0.05, 0.1) is 23.3 Å². The standard InChI is InChI=1S/C11H9NO4S/c1-16-11(13)10-7-9(12(14)15)5-4-8(10)3-2-6-17/h4-5,7,17H,6H2,1H3. The van der Waals surface area contributed by atoms with E-state index in [9.17, 15) is 14.9 Å². The summed E-state index contributed by atoms with van der Waals surface area (Å²) in [6.45, 7) is 0. The van der Waals surface area contributed by atoms with Crippen molar-refractivity contribution in [1.29, 1.82) is 0 Å². The minimum absolute atomic E-state index is 0.0796. The van der Waals surface area contributed by atoms with Crippen molar-refractivity contribution in [2.45, 2.75) is 0 Å². The van der Waals surface area contributed by atoms with Crippen molar-refractivity contribution >= 4 is 24.3 Å². The molecule has 0 heterocycles. The van der Waals surface area contributed by atoms with Crippen LogP contribution in [0, 0.1) is 22.0 Å². The van der Waals surface area contributed by atoms with Gasteiger partial charge in [-0.25, -0.2) is 4.79 Å². The third-order valence-corrected chi connectivity index (χ3v) is 2.08. The second-order valence-corrected chi connectivity index (χ2v) is 3.25. The molecule has 1 rings (SSSR count). The molecule has 1 aromatic carbocycles. The van der Waals surface area contributed by atoms with Gasteiger partial charge in [-0.05, 0) is 6.07 Å². The number of ether oxygens (including phenoxy) is 1. The molecular weight excluding hydrogens is 242 g/mol. The van der Waals surface area contributed by atoms with Gasteiger partial charge in [0.15, 0.2) is 0 Å². The summed E-state index contributed by atoms with van der Waals surface area (Å²) in [4.78, 5) is 21.5. The molecule has 5 nitrogen and oxygen atoms in total. The number of thiol groups is 1. The Bertz CT molecular complexity index is 516. The summed E-state index contributed by atoms with van der Waals surface area (Å²) in [6, 6.07) is 3.85. The number of non-ortho nitro benzene ring substituents is 1.